The number of aromatic nitrogens is 3. The Bertz CT molecular complexity index is 930. The van der Waals surface area contributed by atoms with Crippen LogP contribution in [-0.4, -0.2) is 21.6 Å². The second-order valence-corrected chi connectivity index (χ2v) is 7.69. The Hall–Kier alpha value is -1.79. The van der Waals surface area contributed by atoms with Crippen LogP contribution in [0.1, 0.15) is 20.8 Å². The van der Waals surface area contributed by atoms with Gasteiger partial charge in [-0.25, -0.2) is 9.97 Å². The lowest BCUT2D eigenvalue weighted by atomic mass is 10.1. The van der Waals surface area contributed by atoms with E-state index >= 15 is 0 Å². The van der Waals surface area contributed by atoms with E-state index in [1.165, 1.54) is 6.33 Å². The van der Waals surface area contributed by atoms with Gasteiger partial charge in [0.1, 0.15) is 28.7 Å². The zero-order valence-corrected chi connectivity index (χ0v) is 16.2. The summed E-state index contributed by atoms with van der Waals surface area (Å²) < 4.78 is 8.22. The molecule has 0 unspecified atom stereocenters. The third-order valence-corrected chi connectivity index (χ3v) is 4.88. The van der Waals surface area contributed by atoms with Gasteiger partial charge in [-0.05, 0) is 39.0 Å². The maximum absolute atomic E-state index is 6.79. The quantitative estimate of drug-likeness (QED) is 0.656. The third-order valence-electron chi connectivity index (χ3n) is 3.83. The van der Waals surface area contributed by atoms with Crippen molar-refractivity contribution in [2.24, 2.45) is 0 Å². The molecule has 24 heavy (non-hydrogen) atoms. The van der Waals surface area contributed by atoms with Crippen molar-refractivity contribution >= 4 is 44.4 Å². The molecule has 1 aromatic carbocycles. The minimum atomic E-state index is -0.264. The average Bonchev–Trinajstić information content (AvgIpc) is 2.81. The van der Waals surface area contributed by atoms with Crippen molar-refractivity contribution in [3.63, 3.8) is 0 Å². The first kappa shape index (κ1) is 17.0. The summed E-state index contributed by atoms with van der Waals surface area (Å²) in [6.07, 6.45) is 1.46. The van der Waals surface area contributed by atoms with Crippen LogP contribution < -0.4 is 10.5 Å². The number of rotatable bonds is 2. The maximum Gasteiger partial charge on any atom is 0.147 e. The second-order valence-electron chi connectivity index (χ2n) is 6.48. The van der Waals surface area contributed by atoms with Crippen molar-refractivity contribution in [3.05, 3.63) is 34.2 Å². The first-order valence-corrected chi connectivity index (χ1v) is 8.57. The van der Waals surface area contributed by atoms with Crippen molar-refractivity contribution in [2.75, 3.05) is 12.8 Å². The van der Waals surface area contributed by atoms with E-state index in [4.69, 9.17) is 22.1 Å². The fourth-order valence-electron chi connectivity index (χ4n) is 2.79. The molecule has 2 aromatic heterocycles. The van der Waals surface area contributed by atoms with Gasteiger partial charge < -0.3 is 15.0 Å². The Morgan fingerprint density at radius 3 is 2.58 bits per heavy atom. The lowest BCUT2D eigenvalue weighted by Crippen LogP contribution is -2.22. The minimum absolute atomic E-state index is 0.264. The van der Waals surface area contributed by atoms with E-state index in [0.717, 1.165) is 26.7 Å². The van der Waals surface area contributed by atoms with E-state index in [2.05, 4.69) is 46.7 Å². The molecular weight excluding hydrogens is 392 g/mol. The molecule has 0 amide bonds. The van der Waals surface area contributed by atoms with Crippen molar-refractivity contribution in [1.29, 1.82) is 0 Å². The van der Waals surface area contributed by atoms with Crippen LogP contribution in [0.4, 0.5) is 5.82 Å². The molecule has 0 fully saturated rings. The van der Waals surface area contributed by atoms with Gasteiger partial charge in [0.25, 0.3) is 0 Å². The van der Waals surface area contributed by atoms with Gasteiger partial charge >= 0.3 is 0 Å². The lowest BCUT2D eigenvalue weighted by molar-refractivity contribution is 0.409. The second kappa shape index (κ2) is 5.93. The van der Waals surface area contributed by atoms with Gasteiger partial charge in [0.15, 0.2) is 0 Å². The van der Waals surface area contributed by atoms with Gasteiger partial charge in [0, 0.05) is 21.1 Å². The summed E-state index contributed by atoms with van der Waals surface area (Å²) in [5, 5.41) is 1.31. The SMILES string of the molecule is COc1ccc(Br)c(-c2c(Cl)n(C(C)(C)C)c3ncnc(N)c23)c1. The summed E-state index contributed by atoms with van der Waals surface area (Å²) in [6.45, 7) is 6.21. The van der Waals surface area contributed by atoms with Gasteiger partial charge in [0.05, 0.1) is 12.5 Å². The monoisotopic (exact) mass is 408 g/mol. The highest BCUT2D eigenvalue weighted by atomic mass is 79.9. The number of hydrogen-bond acceptors (Lipinski definition) is 4. The highest BCUT2D eigenvalue weighted by Crippen LogP contribution is 2.45. The summed E-state index contributed by atoms with van der Waals surface area (Å²) in [5.41, 5.74) is 8.30. The standard InChI is InChI=1S/C17H18BrClN4O/c1-17(2,3)23-14(19)12(13-15(20)21-8-22-16(13)23)10-7-9(24-4)5-6-11(10)18/h5-8H,1-4H3,(H2,20,21,22). The van der Waals surface area contributed by atoms with Gasteiger partial charge in [0.2, 0.25) is 0 Å². The molecule has 0 atom stereocenters. The fraction of sp³-hybridized carbons (Fsp3) is 0.294. The fourth-order valence-corrected chi connectivity index (χ4v) is 3.76. The van der Waals surface area contributed by atoms with E-state index in [9.17, 15) is 0 Å². The summed E-state index contributed by atoms with van der Waals surface area (Å²) in [4.78, 5) is 8.58. The van der Waals surface area contributed by atoms with Gasteiger partial charge in [-0.1, -0.05) is 27.5 Å². The molecule has 3 aromatic rings. The molecule has 0 radical (unpaired) electrons. The Balaban J connectivity index is 2.48. The molecular formula is C17H18BrClN4O. The molecule has 0 saturated heterocycles. The molecule has 3 rings (SSSR count). The Labute approximate surface area is 153 Å². The number of fused-ring (bicyclic) bond motifs is 1. The molecule has 2 heterocycles. The van der Waals surface area contributed by atoms with Crippen LogP contribution in [0.5, 0.6) is 5.75 Å². The number of nitrogens with two attached hydrogens (primary N) is 1. The summed E-state index contributed by atoms with van der Waals surface area (Å²) >= 11 is 10.4. The number of anilines is 1. The van der Waals surface area contributed by atoms with Crippen molar-refractivity contribution in [1.82, 2.24) is 14.5 Å². The Kier molecular flexibility index (Phi) is 4.21. The zero-order chi connectivity index (χ0) is 17.6. The highest BCUT2D eigenvalue weighted by molar-refractivity contribution is 9.10. The molecule has 2 N–H and O–H groups in total. The largest absolute Gasteiger partial charge is 0.497 e. The summed E-state index contributed by atoms with van der Waals surface area (Å²) in [7, 11) is 1.63. The van der Waals surface area contributed by atoms with Crippen molar-refractivity contribution in [3.8, 4) is 16.9 Å². The normalized spacial score (nSPS) is 11.9. The predicted molar refractivity (Wildman–Crippen MR) is 102 cm³/mol. The van der Waals surface area contributed by atoms with E-state index < -0.39 is 0 Å². The summed E-state index contributed by atoms with van der Waals surface area (Å²) in [6, 6.07) is 5.72. The highest BCUT2D eigenvalue weighted by Gasteiger charge is 2.28. The lowest BCUT2D eigenvalue weighted by Gasteiger charge is -2.23. The van der Waals surface area contributed by atoms with Crippen LogP contribution in [0.3, 0.4) is 0 Å². The number of nitrogens with zero attached hydrogens (tertiary/aromatic N) is 3. The predicted octanol–water partition coefficient (Wildman–Crippen LogP) is 4.86. The topological polar surface area (TPSA) is 66.0 Å². The minimum Gasteiger partial charge on any atom is -0.497 e. The van der Waals surface area contributed by atoms with Crippen LogP contribution in [0.15, 0.2) is 29.0 Å². The van der Waals surface area contributed by atoms with Crippen LogP contribution in [-0.2, 0) is 5.54 Å². The molecule has 0 aliphatic rings. The maximum atomic E-state index is 6.79. The van der Waals surface area contributed by atoms with E-state index in [0.29, 0.717) is 16.6 Å². The number of benzene rings is 1. The van der Waals surface area contributed by atoms with E-state index in [1.807, 2.05) is 22.8 Å². The number of nitrogen functional groups attached to an aromatic ring is 1. The number of hydrogen-bond donors (Lipinski definition) is 1. The van der Waals surface area contributed by atoms with Gasteiger partial charge in [-0.3, -0.25) is 0 Å². The van der Waals surface area contributed by atoms with Crippen molar-refractivity contribution in [2.45, 2.75) is 26.3 Å². The first-order valence-electron chi connectivity index (χ1n) is 7.40. The van der Waals surface area contributed by atoms with Gasteiger partial charge in [-0.15, -0.1) is 0 Å². The average molecular weight is 410 g/mol. The molecule has 7 heteroatoms. The summed E-state index contributed by atoms with van der Waals surface area (Å²) in [5.74, 6) is 1.13. The van der Waals surface area contributed by atoms with Gasteiger partial charge in [-0.2, -0.15) is 0 Å². The molecule has 0 bridgehead atoms. The van der Waals surface area contributed by atoms with Crippen LogP contribution >= 0.6 is 27.5 Å². The number of methoxy groups -OCH3 is 1. The van der Waals surface area contributed by atoms with E-state index in [-0.39, 0.29) is 5.54 Å². The molecule has 5 nitrogen and oxygen atoms in total. The Morgan fingerprint density at radius 1 is 1.25 bits per heavy atom. The smallest absolute Gasteiger partial charge is 0.147 e. The van der Waals surface area contributed by atoms with Crippen LogP contribution in [0.25, 0.3) is 22.2 Å². The first-order chi connectivity index (χ1) is 11.3. The molecule has 0 saturated carbocycles. The van der Waals surface area contributed by atoms with Crippen LogP contribution in [0, 0.1) is 0 Å². The Morgan fingerprint density at radius 2 is 1.96 bits per heavy atom. The molecule has 0 aliphatic heterocycles. The molecule has 0 aliphatic carbocycles. The van der Waals surface area contributed by atoms with Crippen molar-refractivity contribution < 1.29 is 4.74 Å². The number of halogens is 2. The van der Waals surface area contributed by atoms with Crippen LogP contribution in [0.2, 0.25) is 5.15 Å². The van der Waals surface area contributed by atoms with E-state index in [1.54, 1.807) is 7.11 Å². The zero-order valence-electron chi connectivity index (χ0n) is 13.9. The molecule has 0 spiro atoms. The molecule has 126 valence electrons. The third kappa shape index (κ3) is 2.63. The number of ether oxygens (including phenoxy) is 1.